The Morgan fingerprint density at radius 1 is 0.521 bits per heavy atom. The highest BCUT2D eigenvalue weighted by Crippen LogP contribution is 2.43. The van der Waals surface area contributed by atoms with Crippen molar-refractivity contribution in [2.75, 3.05) is 0 Å². The van der Waals surface area contributed by atoms with E-state index in [9.17, 15) is 8.78 Å². The third-order valence-corrected chi connectivity index (χ3v) is 11.1. The molecule has 0 aliphatic carbocycles. The first kappa shape index (κ1) is 37.1. The van der Waals surface area contributed by atoms with Crippen molar-refractivity contribution >= 4 is 64.3 Å². The van der Waals surface area contributed by atoms with Crippen LogP contribution in [0.1, 0.15) is 83.1 Å². The molecule has 7 rings (SSSR count). The van der Waals surface area contributed by atoms with Crippen molar-refractivity contribution in [3.63, 3.8) is 0 Å². The van der Waals surface area contributed by atoms with Crippen LogP contribution in [-0.4, -0.2) is 64.7 Å². The minimum absolute atomic E-state index is 0.219. The van der Waals surface area contributed by atoms with E-state index in [0.717, 1.165) is 26.3 Å². The van der Waals surface area contributed by atoms with Crippen molar-refractivity contribution in [2.45, 2.75) is 117 Å². The van der Waals surface area contributed by atoms with Gasteiger partial charge in [0.1, 0.15) is 11.6 Å². The molecule has 3 fully saturated rings. The van der Waals surface area contributed by atoms with Crippen LogP contribution >= 0.6 is 15.9 Å². The van der Waals surface area contributed by atoms with Crippen LogP contribution in [0.5, 0.6) is 0 Å². The fraction of sp³-hybridized carbons (Fsp3) is 0.529. The lowest BCUT2D eigenvalue weighted by atomic mass is 9.49. The zero-order valence-electron chi connectivity index (χ0n) is 29.9. The molecule has 3 aliphatic rings. The third-order valence-electron chi connectivity index (χ3n) is 10.5. The maximum absolute atomic E-state index is 13.7. The highest BCUT2D eigenvalue weighted by molar-refractivity contribution is 9.10. The number of H-pyrrole nitrogens is 2. The molecule has 3 aliphatic heterocycles. The van der Waals surface area contributed by atoms with E-state index in [-0.39, 0.29) is 34.0 Å². The van der Waals surface area contributed by atoms with Gasteiger partial charge in [0.25, 0.3) is 0 Å². The monoisotopic (exact) mass is 728 g/mol. The fourth-order valence-corrected chi connectivity index (χ4v) is 5.97. The first-order valence-electron chi connectivity index (χ1n) is 16.2. The number of hydrogen-bond donors (Lipinski definition) is 2. The first-order valence-corrected chi connectivity index (χ1v) is 17.0. The van der Waals surface area contributed by atoms with Crippen LogP contribution in [0.2, 0.25) is 0 Å². The van der Waals surface area contributed by atoms with Crippen LogP contribution in [0, 0.1) is 11.6 Å². The molecule has 14 heteroatoms. The summed E-state index contributed by atoms with van der Waals surface area (Å²) in [6.07, 6.45) is 3.58. The van der Waals surface area contributed by atoms with E-state index in [1.165, 1.54) is 24.3 Å². The van der Waals surface area contributed by atoms with Gasteiger partial charge >= 0.3 is 21.1 Å². The Bertz CT molecular complexity index is 1710. The van der Waals surface area contributed by atoms with Crippen molar-refractivity contribution in [3.05, 3.63) is 64.9 Å². The molecule has 5 heterocycles. The quantitative estimate of drug-likeness (QED) is 0.204. The first-order chi connectivity index (χ1) is 22.0. The van der Waals surface area contributed by atoms with Gasteiger partial charge in [-0.25, -0.2) is 8.78 Å². The maximum Gasteiger partial charge on any atom is 0.497 e. The molecule has 8 nitrogen and oxygen atoms in total. The second-order valence-corrected chi connectivity index (χ2v) is 16.5. The topological polar surface area (TPSA) is 87.0 Å². The molecule has 0 radical (unpaired) electrons. The average Bonchev–Trinajstić information content (AvgIpc) is 3.71. The van der Waals surface area contributed by atoms with Gasteiger partial charge in [-0.1, -0.05) is 0 Å². The minimum atomic E-state index is -0.554. The van der Waals surface area contributed by atoms with E-state index >= 15 is 0 Å². The van der Waals surface area contributed by atoms with Crippen LogP contribution < -0.4 is 5.46 Å². The number of aromatic nitrogens is 2. The van der Waals surface area contributed by atoms with E-state index < -0.39 is 32.3 Å². The van der Waals surface area contributed by atoms with Gasteiger partial charge < -0.3 is 37.9 Å². The number of hydrogen-bond acceptors (Lipinski definition) is 6. The summed E-state index contributed by atoms with van der Waals surface area (Å²) in [4.78, 5) is 6.12. The second kappa shape index (κ2) is 12.5. The molecule has 3 saturated heterocycles. The molecule has 2 aromatic heterocycles. The molecular weight excluding hydrogens is 683 g/mol. The van der Waals surface area contributed by atoms with E-state index in [2.05, 4.69) is 25.9 Å². The second-order valence-electron chi connectivity index (χ2n) is 15.6. The van der Waals surface area contributed by atoms with Gasteiger partial charge in [-0.05, 0) is 135 Å². The number of halogens is 3. The van der Waals surface area contributed by atoms with Gasteiger partial charge in [-0.2, -0.15) is 0 Å². The lowest BCUT2D eigenvalue weighted by Gasteiger charge is -2.32. The maximum atomic E-state index is 13.7. The largest absolute Gasteiger partial charge is 0.497 e. The molecule has 0 atom stereocenters. The smallest absolute Gasteiger partial charge is 0.405 e. The lowest BCUT2D eigenvalue weighted by molar-refractivity contribution is 0.00578. The van der Waals surface area contributed by atoms with Crippen molar-refractivity contribution in [2.24, 2.45) is 0 Å². The molecule has 2 N–H and O–H groups in total. The van der Waals surface area contributed by atoms with E-state index in [4.69, 9.17) is 27.9 Å². The standard InChI is InChI=1S/C14H17BFNO2.C12H24B2O4.C8H5BrFN/c1-13(2)14(3,4)19-15(18-13)11-8-10(16)7-9-5-6-17-12(9)11;1-9(2)10(3,4)16-13(15-9)14-17-11(5,6)12(7,8)18-14;9-7-4-6(10)3-5-1-2-11-8(5)7/h5-8,17H,1-4H3;1-8H3;1-4,11H. The van der Waals surface area contributed by atoms with Crippen molar-refractivity contribution in [3.8, 4) is 0 Å². The van der Waals surface area contributed by atoms with Gasteiger partial charge in [-0.15, -0.1) is 0 Å². The summed E-state index contributed by atoms with van der Waals surface area (Å²) in [5.41, 5.74) is 0.210. The van der Waals surface area contributed by atoms with Crippen LogP contribution in [0.4, 0.5) is 8.78 Å². The summed E-state index contributed by atoms with van der Waals surface area (Å²) in [7, 11) is -1.51. The molecule has 0 saturated carbocycles. The summed E-state index contributed by atoms with van der Waals surface area (Å²) in [5, 5.41) is 1.71. The van der Waals surface area contributed by atoms with Crippen molar-refractivity contribution in [1.29, 1.82) is 0 Å². The Labute approximate surface area is 291 Å². The molecule has 48 heavy (non-hydrogen) atoms. The van der Waals surface area contributed by atoms with Gasteiger partial charge in [0.15, 0.2) is 0 Å². The average molecular weight is 729 g/mol. The minimum Gasteiger partial charge on any atom is -0.405 e. The number of benzene rings is 2. The molecule has 0 unspecified atom stereocenters. The third kappa shape index (κ3) is 7.04. The summed E-state index contributed by atoms with van der Waals surface area (Å²) >= 11 is 3.26. The molecule has 2 aromatic carbocycles. The Hall–Kier alpha value is -2.19. The van der Waals surface area contributed by atoms with E-state index in [0.29, 0.717) is 5.46 Å². The van der Waals surface area contributed by atoms with Gasteiger partial charge in [0.05, 0.1) is 39.1 Å². The highest BCUT2D eigenvalue weighted by Gasteiger charge is 2.63. The number of rotatable bonds is 2. The van der Waals surface area contributed by atoms with Gasteiger partial charge in [0.2, 0.25) is 0 Å². The number of fused-ring (bicyclic) bond motifs is 2. The molecule has 0 amide bonds. The Morgan fingerprint density at radius 2 is 0.875 bits per heavy atom. The molecule has 0 spiro atoms. The van der Waals surface area contributed by atoms with Crippen LogP contribution in [-0.2, 0) is 27.9 Å². The zero-order chi connectivity index (χ0) is 35.7. The molecular formula is C34H46B3BrF2N2O6. The van der Waals surface area contributed by atoms with E-state index in [1.807, 2.05) is 95.2 Å². The zero-order valence-corrected chi connectivity index (χ0v) is 31.5. The normalized spacial score (nSPS) is 22.9. The summed E-state index contributed by atoms with van der Waals surface area (Å²) in [6.45, 7) is 24.1. The predicted octanol–water partition coefficient (Wildman–Crippen LogP) is 7.92. The van der Waals surface area contributed by atoms with Crippen molar-refractivity contribution in [1.82, 2.24) is 9.97 Å². The molecule has 4 aromatic rings. The predicted molar refractivity (Wildman–Crippen MR) is 192 cm³/mol. The van der Waals surface area contributed by atoms with Crippen LogP contribution in [0.15, 0.2) is 53.3 Å². The Balaban J connectivity index is 0.000000146. The number of aromatic amines is 2. The van der Waals surface area contributed by atoms with Crippen LogP contribution in [0.25, 0.3) is 21.8 Å². The summed E-state index contributed by atoms with van der Waals surface area (Å²) in [5.74, 6) is -0.499. The highest BCUT2D eigenvalue weighted by atomic mass is 79.9. The number of nitrogens with one attached hydrogen (secondary N) is 2. The van der Waals surface area contributed by atoms with Crippen molar-refractivity contribution < 1.29 is 36.7 Å². The fourth-order valence-electron chi connectivity index (χ4n) is 5.41. The van der Waals surface area contributed by atoms with Gasteiger partial charge in [0, 0.05) is 38.6 Å². The summed E-state index contributed by atoms with van der Waals surface area (Å²) in [6, 6.07) is 9.59. The molecule has 0 bridgehead atoms. The van der Waals surface area contributed by atoms with Gasteiger partial charge in [-0.3, -0.25) is 0 Å². The summed E-state index contributed by atoms with van der Waals surface area (Å²) < 4.78 is 63.0. The molecule has 258 valence electrons. The SMILES string of the molecule is CC1(C)OB(B2OC(C)(C)C(C)(C)O2)OC1(C)C.CC1(C)OB(c2cc(F)cc3cc[nH]c23)OC1(C)C.Fc1cc(Br)c2[nH]ccc2c1. The Kier molecular flexibility index (Phi) is 9.69. The lowest BCUT2D eigenvalue weighted by Crippen LogP contribution is -2.41. The van der Waals surface area contributed by atoms with E-state index in [1.54, 1.807) is 12.4 Å². The van der Waals surface area contributed by atoms with Crippen LogP contribution in [0.3, 0.4) is 0 Å². The Morgan fingerprint density at radius 3 is 1.31 bits per heavy atom.